The third kappa shape index (κ3) is 4.66. The van der Waals surface area contributed by atoms with Gasteiger partial charge in [0.2, 0.25) is 5.95 Å². The van der Waals surface area contributed by atoms with Crippen LogP contribution in [0.5, 0.6) is 0 Å². The molecule has 0 radical (unpaired) electrons. The first-order chi connectivity index (χ1) is 11.6. The first-order valence-electron chi connectivity index (χ1n) is 6.52. The van der Waals surface area contributed by atoms with E-state index in [-0.39, 0.29) is 0 Å². The van der Waals surface area contributed by atoms with Crippen LogP contribution in [-0.2, 0) is 4.79 Å². The van der Waals surface area contributed by atoms with Crippen molar-refractivity contribution in [2.24, 2.45) is 0 Å². The zero-order valence-corrected chi connectivity index (χ0v) is 13.2. The van der Waals surface area contributed by atoms with E-state index in [1.807, 2.05) is 17.7 Å². The minimum Gasteiger partial charge on any atom is -0.475 e. The molecular formula is C14H10F5N3O2S. The lowest BCUT2D eigenvalue weighted by Crippen LogP contribution is -2.21. The topological polar surface area (TPSA) is 78.0 Å². The lowest BCUT2D eigenvalue weighted by atomic mass is 10.3. The summed E-state index contributed by atoms with van der Waals surface area (Å²) >= 11 is 1.57. The predicted molar refractivity (Wildman–Crippen MR) is 82.0 cm³/mol. The molecule has 2 heterocycles. The number of nitrogens with zero attached hydrogens (tertiary/aromatic N) is 1. The fourth-order valence-corrected chi connectivity index (χ4v) is 2.46. The van der Waals surface area contributed by atoms with Gasteiger partial charge in [-0.2, -0.15) is 13.2 Å². The molecule has 3 aromatic rings. The number of aryl methyl sites for hydroxylation is 1. The number of H-pyrrole nitrogens is 1. The summed E-state index contributed by atoms with van der Waals surface area (Å²) in [7, 11) is 0. The molecule has 0 amide bonds. The summed E-state index contributed by atoms with van der Waals surface area (Å²) in [5.74, 6) is -4.07. The number of fused-ring (bicyclic) bond motifs is 1. The maximum Gasteiger partial charge on any atom is 0.490 e. The number of hydrogen-bond donors (Lipinski definition) is 3. The Morgan fingerprint density at radius 2 is 1.84 bits per heavy atom. The van der Waals surface area contributed by atoms with Gasteiger partial charge in [-0.25, -0.2) is 18.6 Å². The van der Waals surface area contributed by atoms with Gasteiger partial charge in [0.1, 0.15) is 0 Å². The molecule has 0 fully saturated rings. The number of aromatic nitrogens is 2. The molecule has 134 valence electrons. The van der Waals surface area contributed by atoms with Crippen LogP contribution in [0.25, 0.3) is 11.0 Å². The number of carboxylic acid groups (broad SMARTS) is 1. The molecule has 0 saturated carbocycles. The number of carbonyl (C=O) groups is 1. The van der Waals surface area contributed by atoms with Crippen molar-refractivity contribution in [1.82, 2.24) is 9.97 Å². The molecule has 0 saturated heterocycles. The maximum atomic E-state index is 13.1. The van der Waals surface area contributed by atoms with E-state index in [2.05, 4.69) is 15.3 Å². The molecule has 0 aliphatic heterocycles. The van der Waals surface area contributed by atoms with Crippen LogP contribution < -0.4 is 5.32 Å². The van der Waals surface area contributed by atoms with Crippen molar-refractivity contribution >= 4 is 40.0 Å². The molecule has 3 rings (SSSR count). The van der Waals surface area contributed by atoms with Gasteiger partial charge in [-0.05, 0) is 17.9 Å². The number of thiophene rings is 1. The number of benzene rings is 1. The fourth-order valence-electron chi connectivity index (χ4n) is 1.68. The van der Waals surface area contributed by atoms with Crippen molar-refractivity contribution in [3.05, 3.63) is 40.1 Å². The molecule has 11 heteroatoms. The molecule has 2 aromatic heterocycles. The third-order valence-electron chi connectivity index (χ3n) is 2.88. The minimum absolute atomic E-state index is 0.393. The Bertz CT molecular complexity index is 865. The van der Waals surface area contributed by atoms with Crippen LogP contribution in [0, 0.1) is 18.6 Å². The summed E-state index contributed by atoms with van der Waals surface area (Å²) < 4.78 is 57.8. The van der Waals surface area contributed by atoms with Crippen LogP contribution in [-0.4, -0.2) is 27.2 Å². The van der Waals surface area contributed by atoms with E-state index in [1.165, 1.54) is 0 Å². The first-order valence-corrected chi connectivity index (χ1v) is 7.47. The number of hydrogen-bond acceptors (Lipinski definition) is 4. The lowest BCUT2D eigenvalue weighted by molar-refractivity contribution is -0.192. The van der Waals surface area contributed by atoms with Gasteiger partial charge >= 0.3 is 12.1 Å². The normalized spacial score (nSPS) is 11.1. The van der Waals surface area contributed by atoms with Gasteiger partial charge < -0.3 is 15.4 Å². The summed E-state index contributed by atoms with van der Waals surface area (Å²) in [4.78, 5) is 16.0. The first kappa shape index (κ1) is 18.6. The van der Waals surface area contributed by atoms with Crippen molar-refractivity contribution in [2.45, 2.75) is 13.1 Å². The Kier molecular flexibility index (Phi) is 5.26. The van der Waals surface area contributed by atoms with Crippen LogP contribution in [0.1, 0.15) is 5.56 Å². The predicted octanol–water partition coefficient (Wildman–Crippen LogP) is 4.59. The molecule has 5 nitrogen and oxygen atoms in total. The zero-order chi connectivity index (χ0) is 18.8. The standard InChI is InChI=1S/C12H9F2N3S.C2HF3O2/c1-6-4-18-5-11(6)17-12-15-9-2-7(13)8(14)3-10(9)16-12;3-2(4,5)1(6)7/h2-5H,1H3,(H2,15,16,17);(H,6,7). The number of rotatable bonds is 2. The number of imidazole rings is 1. The molecule has 0 atom stereocenters. The van der Waals surface area contributed by atoms with E-state index < -0.39 is 23.8 Å². The van der Waals surface area contributed by atoms with E-state index in [9.17, 15) is 22.0 Å². The Hall–Kier alpha value is -2.69. The molecule has 3 N–H and O–H groups in total. The van der Waals surface area contributed by atoms with Crippen LogP contribution in [0.15, 0.2) is 22.9 Å². The molecule has 25 heavy (non-hydrogen) atoms. The number of alkyl halides is 3. The second-order valence-electron chi connectivity index (χ2n) is 4.77. The van der Waals surface area contributed by atoms with Crippen molar-refractivity contribution < 1.29 is 31.9 Å². The monoisotopic (exact) mass is 379 g/mol. The maximum absolute atomic E-state index is 13.1. The second kappa shape index (κ2) is 7.05. The SMILES string of the molecule is Cc1cscc1Nc1nc2cc(F)c(F)cc2[nH]1.O=C(O)C(F)(F)F. The number of aromatic amines is 1. The van der Waals surface area contributed by atoms with Gasteiger partial charge in [0.15, 0.2) is 11.6 Å². The lowest BCUT2D eigenvalue weighted by Gasteiger charge is -1.99. The molecular weight excluding hydrogens is 369 g/mol. The van der Waals surface area contributed by atoms with E-state index >= 15 is 0 Å². The van der Waals surface area contributed by atoms with Crippen molar-refractivity contribution in [1.29, 1.82) is 0 Å². The largest absolute Gasteiger partial charge is 0.490 e. The Labute approximate surface area is 141 Å². The van der Waals surface area contributed by atoms with E-state index in [0.29, 0.717) is 17.0 Å². The summed E-state index contributed by atoms with van der Waals surface area (Å²) in [5, 5.41) is 14.2. The number of aliphatic carboxylic acids is 1. The third-order valence-corrected chi connectivity index (χ3v) is 3.74. The van der Waals surface area contributed by atoms with Gasteiger partial charge in [0, 0.05) is 17.5 Å². The fraction of sp³-hybridized carbons (Fsp3) is 0.143. The van der Waals surface area contributed by atoms with Crippen molar-refractivity contribution in [2.75, 3.05) is 5.32 Å². The van der Waals surface area contributed by atoms with E-state index in [0.717, 1.165) is 23.4 Å². The molecule has 0 aliphatic carbocycles. The van der Waals surface area contributed by atoms with E-state index in [1.54, 1.807) is 11.3 Å². The van der Waals surface area contributed by atoms with Gasteiger partial charge in [-0.1, -0.05) is 0 Å². The minimum atomic E-state index is -5.08. The average Bonchev–Trinajstić information content (AvgIpc) is 3.06. The summed E-state index contributed by atoms with van der Waals surface area (Å²) in [6.07, 6.45) is -5.08. The van der Waals surface area contributed by atoms with Crippen LogP contribution >= 0.6 is 11.3 Å². The number of nitrogens with one attached hydrogen (secondary N) is 2. The van der Waals surface area contributed by atoms with Crippen molar-refractivity contribution in [3.8, 4) is 0 Å². The molecule has 0 bridgehead atoms. The van der Waals surface area contributed by atoms with Gasteiger partial charge in [0.05, 0.1) is 16.7 Å². The Balaban J connectivity index is 0.000000277. The highest BCUT2D eigenvalue weighted by atomic mass is 32.1. The Morgan fingerprint density at radius 3 is 2.36 bits per heavy atom. The number of anilines is 2. The van der Waals surface area contributed by atoms with Crippen LogP contribution in [0.4, 0.5) is 33.6 Å². The summed E-state index contributed by atoms with van der Waals surface area (Å²) in [6, 6.07) is 2.18. The summed E-state index contributed by atoms with van der Waals surface area (Å²) in [6.45, 7) is 1.97. The van der Waals surface area contributed by atoms with Crippen LogP contribution in [0.3, 0.4) is 0 Å². The molecule has 1 aromatic carbocycles. The van der Waals surface area contributed by atoms with Gasteiger partial charge in [-0.15, -0.1) is 11.3 Å². The highest BCUT2D eigenvalue weighted by molar-refractivity contribution is 7.08. The molecule has 0 aliphatic rings. The van der Waals surface area contributed by atoms with Crippen LogP contribution in [0.2, 0.25) is 0 Å². The highest BCUT2D eigenvalue weighted by Gasteiger charge is 2.38. The number of halogens is 5. The summed E-state index contributed by atoms with van der Waals surface area (Å²) in [5.41, 5.74) is 2.88. The Morgan fingerprint density at radius 1 is 1.24 bits per heavy atom. The second-order valence-corrected chi connectivity index (χ2v) is 5.51. The zero-order valence-electron chi connectivity index (χ0n) is 12.4. The molecule has 0 unspecified atom stereocenters. The highest BCUT2D eigenvalue weighted by Crippen LogP contribution is 2.24. The molecule has 0 spiro atoms. The van der Waals surface area contributed by atoms with Gasteiger partial charge in [0.25, 0.3) is 0 Å². The smallest absolute Gasteiger partial charge is 0.475 e. The quantitative estimate of drug-likeness (QED) is 0.569. The van der Waals surface area contributed by atoms with Gasteiger partial charge in [-0.3, -0.25) is 0 Å². The van der Waals surface area contributed by atoms with Crippen molar-refractivity contribution in [3.63, 3.8) is 0 Å². The average molecular weight is 379 g/mol. The van der Waals surface area contributed by atoms with E-state index in [4.69, 9.17) is 9.90 Å². The number of carboxylic acids is 1.